The molecular weight excluding hydrogens is 383 g/mol. The number of halogens is 3. The van der Waals surface area contributed by atoms with Crippen LogP contribution < -0.4 is 0 Å². The molecule has 0 fully saturated rings. The fourth-order valence-electron chi connectivity index (χ4n) is 2.81. The molecule has 0 bridgehead atoms. The predicted octanol–water partition coefficient (Wildman–Crippen LogP) is 5.65. The van der Waals surface area contributed by atoms with E-state index in [1.807, 2.05) is 24.3 Å². The van der Waals surface area contributed by atoms with Crippen molar-refractivity contribution in [1.29, 1.82) is 5.41 Å². The number of hydrogen-bond donors (Lipinski definition) is 1. The molecule has 0 unspecified atom stereocenters. The lowest BCUT2D eigenvalue weighted by atomic mass is 9.92. The van der Waals surface area contributed by atoms with E-state index in [4.69, 9.17) is 28.6 Å². The third kappa shape index (κ3) is 2.78. The van der Waals surface area contributed by atoms with Crippen molar-refractivity contribution in [1.82, 2.24) is 4.90 Å². The Balaban J connectivity index is 0.00000176. The minimum Gasteiger partial charge on any atom is -0.343 e. The lowest BCUT2D eigenvalue weighted by Crippen LogP contribution is -2.41. The quantitative estimate of drug-likeness (QED) is 0.694. The normalized spacial score (nSPS) is 13.8. The number of hydrogen-bond acceptors (Lipinski definition) is 1. The number of nitrogens with zero attached hydrogens (tertiary/aromatic N) is 1. The molecule has 0 radical (unpaired) electrons. The van der Waals surface area contributed by atoms with Gasteiger partial charge in [0.25, 0.3) is 0 Å². The maximum atomic E-state index is 8.48. The summed E-state index contributed by atoms with van der Waals surface area (Å²) in [5.41, 5.74) is 2.84. The van der Waals surface area contributed by atoms with Crippen molar-refractivity contribution in [3.63, 3.8) is 0 Å². The fraction of sp³-hybridized carbons (Fsp3) is 0.235. The van der Waals surface area contributed by atoms with Gasteiger partial charge in [0.1, 0.15) is 5.84 Å². The van der Waals surface area contributed by atoms with Gasteiger partial charge in [-0.3, -0.25) is 5.41 Å². The van der Waals surface area contributed by atoms with Crippen LogP contribution in [0.5, 0.6) is 0 Å². The van der Waals surface area contributed by atoms with Gasteiger partial charge in [-0.05, 0) is 37.1 Å². The molecular formula is C17H17BrCl2N2. The molecule has 22 heavy (non-hydrogen) atoms. The van der Waals surface area contributed by atoms with Crippen LogP contribution in [0.4, 0.5) is 0 Å². The molecule has 0 saturated carbocycles. The summed E-state index contributed by atoms with van der Waals surface area (Å²) < 4.78 is 0. The molecule has 1 heterocycles. The van der Waals surface area contributed by atoms with E-state index in [1.165, 1.54) is 5.56 Å². The van der Waals surface area contributed by atoms with Gasteiger partial charge in [-0.1, -0.05) is 53.5 Å². The summed E-state index contributed by atoms with van der Waals surface area (Å²) in [6, 6.07) is 13.9. The van der Waals surface area contributed by atoms with Gasteiger partial charge in [-0.2, -0.15) is 0 Å². The highest BCUT2D eigenvalue weighted by Gasteiger charge is 2.36. The Kier molecular flexibility index (Phi) is 4.90. The number of nitrogens with one attached hydrogen (secondary N) is 1. The third-order valence-corrected chi connectivity index (χ3v) is 4.88. The van der Waals surface area contributed by atoms with Crippen LogP contribution in [-0.4, -0.2) is 10.7 Å². The van der Waals surface area contributed by atoms with Crippen LogP contribution in [0.25, 0.3) is 0 Å². The Bertz CT molecular complexity index is 714. The van der Waals surface area contributed by atoms with E-state index in [0.29, 0.717) is 22.4 Å². The van der Waals surface area contributed by atoms with Crippen molar-refractivity contribution in [2.45, 2.75) is 25.9 Å². The standard InChI is InChI=1S/C17H16Cl2N2.BrH/c1-17(2,12-6-4-3-5-7-12)21-10-11-8-14(18)15(19)9-13(11)16(21)20;/h3-9,20H,10H2,1-2H3;1H. The van der Waals surface area contributed by atoms with Crippen molar-refractivity contribution in [3.05, 3.63) is 69.2 Å². The minimum absolute atomic E-state index is 0. The zero-order valence-corrected chi connectivity index (χ0v) is 15.6. The summed E-state index contributed by atoms with van der Waals surface area (Å²) in [5.74, 6) is 0.498. The Morgan fingerprint density at radius 3 is 2.27 bits per heavy atom. The summed E-state index contributed by atoms with van der Waals surface area (Å²) in [5, 5.41) is 9.53. The second kappa shape index (κ2) is 6.23. The van der Waals surface area contributed by atoms with E-state index in [0.717, 1.165) is 11.1 Å². The first-order valence-corrected chi connectivity index (χ1v) is 7.57. The summed E-state index contributed by atoms with van der Waals surface area (Å²) in [7, 11) is 0. The highest BCUT2D eigenvalue weighted by molar-refractivity contribution is 8.93. The Labute approximate surface area is 151 Å². The van der Waals surface area contributed by atoms with E-state index in [2.05, 4.69) is 30.9 Å². The smallest absolute Gasteiger partial charge is 0.129 e. The van der Waals surface area contributed by atoms with Gasteiger partial charge in [0.2, 0.25) is 0 Å². The molecule has 0 amide bonds. The number of amidine groups is 1. The fourth-order valence-corrected chi connectivity index (χ4v) is 3.16. The molecule has 0 atom stereocenters. The van der Waals surface area contributed by atoms with E-state index in [1.54, 1.807) is 6.07 Å². The van der Waals surface area contributed by atoms with Gasteiger partial charge in [-0.15, -0.1) is 17.0 Å². The van der Waals surface area contributed by atoms with Crippen molar-refractivity contribution in [3.8, 4) is 0 Å². The van der Waals surface area contributed by atoms with E-state index < -0.39 is 0 Å². The van der Waals surface area contributed by atoms with Gasteiger partial charge in [0, 0.05) is 12.1 Å². The number of fused-ring (bicyclic) bond motifs is 1. The molecule has 0 spiro atoms. The second-order valence-corrected chi connectivity index (χ2v) is 6.60. The zero-order valence-electron chi connectivity index (χ0n) is 12.4. The van der Waals surface area contributed by atoms with Crippen LogP contribution in [0.15, 0.2) is 42.5 Å². The van der Waals surface area contributed by atoms with Crippen LogP contribution in [0.2, 0.25) is 10.0 Å². The van der Waals surface area contributed by atoms with Crippen LogP contribution in [0.3, 0.4) is 0 Å². The maximum Gasteiger partial charge on any atom is 0.129 e. The highest BCUT2D eigenvalue weighted by atomic mass is 79.9. The molecule has 1 aliphatic heterocycles. The van der Waals surface area contributed by atoms with E-state index >= 15 is 0 Å². The first kappa shape index (κ1) is 17.3. The SMILES string of the molecule is Br.CC(C)(c1ccccc1)N1Cc2cc(Cl)c(Cl)cc2C1=N. The van der Waals surface area contributed by atoms with Crippen LogP contribution in [0.1, 0.15) is 30.5 Å². The zero-order chi connectivity index (χ0) is 15.2. The third-order valence-electron chi connectivity index (χ3n) is 4.15. The first-order valence-electron chi connectivity index (χ1n) is 6.81. The minimum atomic E-state index is -0.268. The molecule has 1 N–H and O–H groups in total. The Hall–Kier alpha value is -1.03. The summed E-state index contributed by atoms with van der Waals surface area (Å²) in [4.78, 5) is 2.08. The molecule has 0 aromatic heterocycles. The largest absolute Gasteiger partial charge is 0.343 e. The second-order valence-electron chi connectivity index (χ2n) is 5.78. The van der Waals surface area contributed by atoms with Gasteiger partial charge in [0.15, 0.2) is 0 Å². The molecule has 116 valence electrons. The molecule has 0 saturated heterocycles. The van der Waals surface area contributed by atoms with Crippen LogP contribution in [0, 0.1) is 5.41 Å². The predicted molar refractivity (Wildman–Crippen MR) is 98.6 cm³/mol. The van der Waals surface area contributed by atoms with E-state index in [-0.39, 0.29) is 22.5 Å². The average Bonchev–Trinajstić information content (AvgIpc) is 2.78. The summed E-state index contributed by atoms with van der Waals surface area (Å²) in [6.45, 7) is 4.94. The average molecular weight is 400 g/mol. The first-order chi connectivity index (χ1) is 9.91. The molecule has 0 aliphatic carbocycles. The van der Waals surface area contributed by atoms with Gasteiger partial charge < -0.3 is 4.90 Å². The van der Waals surface area contributed by atoms with E-state index in [9.17, 15) is 0 Å². The molecule has 2 aromatic rings. The summed E-state index contributed by atoms with van der Waals surface area (Å²) >= 11 is 12.2. The molecule has 3 rings (SSSR count). The lowest BCUT2D eigenvalue weighted by Gasteiger charge is -2.37. The van der Waals surface area contributed by atoms with Crippen molar-refractivity contribution < 1.29 is 0 Å². The summed E-state index contributed by atoms with van der Waals surface area (Å²) in [6.07, 6.45) is 0. The van der Waals surface area contributed by atoms with Gasteiger partial charge in [-0.25, -0.2) is 0 Å². The van der Waals surface area contributed by atoms with Gasteiger partial charge in [0.05, 0.1) is 15.6 Å². The highest BCUT2D eigenvalue weighted by Crippen LogP contribution is 2.38. The number of rotatable bonds is 2. The monoisotopic (exact) mass is 398 g/mol. The molecule has 2 nitrogen and oxygen atoms in total. The molecule has 2 aromatic carbocycles. The van der Waals surface area contributed by atoms with Crippen molar-refractivity contribution >= 4 is 46.0 Å². The van der Waals surface area contributed by atoms with Crippen molar-refractivity contribution in [2.24, 2.45) is 0 Å². The van der Waals surface area contributed by atoms with Crippen molar-refractivity contribution in [2.75, 3.05) is 0 Å². The Morgan fingerprint density at radius 2 is 1.64 bits per heavy atom. The Morgan fingerprint density at radius 1 is 1.05 bits per heavy atom. The topological polar surface area (TPSA) is 27.1 Å². The lowest BCUT2D eigenvalue weighted by molar-refractivity contribution is 0.217. The molecule has 1 aliphatic rings. The van der Waals surface area contributed by atoms with Crippen LogP contribution in [-0.2, 0) is 12.1 Å². The molecule has 5 heteroatoms. The number of benzene rings is 2. The maximum absolute atomic E-state index is 8.48. The van der Waals surface area contributed by atoms with Crippen LogP contribution >= 0.6 is 40.2 Å². The van der Waals surface area contributed by atoms with Gasteiger partial charge >= 0.3 is 0 Å².